The number of rotatable bonds is 3. The molecule has 0 aliphatic heterocycles. The minimum absolute atomic E-state index is 0.285. The molecule has 0 aliphatic carbocycles. The molecular weight excluding hydrogens is 207 g/mol. The van der Waals surface area contributed by atoms with Crippen molar-refractivity contribution in [3.8, 4) is 17.2 Å². The van der Waals surface area contributed by atoms with Crippen molar-refractivity contribution in [3.05, 3.63) is 54.3 Å². The van der Waals surface area contributed by atoms with Gasteiger partial charge in [0.1, 0.15) is 11.6 Å². The van der Waals surface area contributed by atoms with Gasteiger partial charge in [0.05, 0.1) is 7.11 Å². The molecule has 0 saturated carbocycles. The van der Waals surface area contributed by atoms with E-state index in [-0.39, 0.29) is 5.82 Å². The third-order valence-electron chi connectivity index (χ3n) is 2.11. The molecule has 3 heteroatoms. The van der Waals surface area contributed by atoms with Gasteiger partial charge in [-0.25, -0.2) is 4.39 Å². The average Bonchev–Trinajstić information content (AvgIpc) is 2.33. The van der Waals surface area contributed by atoms with Gasteiger partial charge in [0.2, 0.25) is 0 Å². The normalized spacial score (nSPS) is 9.88. The molecule has 2 aromatic rings. The second-order valence-corrected chi connectivity index (χ2v) is 3.21. The number of para-hydroxylation sites is 2. The van der Waals surface area contributed by atoms with Crippen molar-refractivity contribution >= 4 is 0 Å². The van der Waals surface area contributed by atoms with Crippen molar-refractivity contribution in [1.29, 1.82) is 0 Å². The van der Waals surface area contributed by atoms with E-state index in [0.717, 1.165) is 0 Å². The first-order valence-corrected chi connectivity index (χ1v) is 4.86. The van der Waals surface area contributed by atoms with Gasteiger partial charge in [-0.05, 0) is 36.4 Å². The summed E-state index contributed by atoms with van der Waals surface area (Å²) in [5.74, 6) is 1.54. The van der Waals surface area contributed by atoms with Gasteiger partial charge in [0.25, 0.3) is 0 Å². The minimum Gasteiger partial charge on any atom is -0.493 e. The highest BCUT2D eigenvalue weighted by molar-refractivity contribution is 5.42. The van der Waals surface area contributed by atoms with Gasteiger partial charge >= 0.3 is 0 Å². The predicted octanol–water partition coefficient (Wildman–Crippen LogP) is 3.63. The summed E-state index contributed by atoms with van der Waals surface area (Å²) in [6.07, 6.45) is 0. The maximum Gasteiger partial charge on any atom is 0.169 e. The van der Waals surface area contributed by atoms with Crippen molar-refractivity contribution in [2.24, 2.45) is 0 Å². The van der Waals surface area contributed by atoms with Gasteiger partial charge < -0.3 is 9.47 Å². The Morgan fingerprint density at radius 2 is 1.50 bits per heavy atom. The molecule has 0 aliphatic rings. The number of hydrogen-bond acceptors (Lipinski definition) is 2. The molecule has 0 unspecified atom stereocenters. The van der Waals surface area contributed by atoms with Gasteiger partial charge in [-0.15, -0.1) is 0 Å². The summed E-state index contributed by atoms with van der Waals surface area (Å²) < 4.78 is 23.4. The Bertz CT molecular complexity index is 466. The van der Waals surface area contributed by atoms with E-state index < -0.39 is 0 Å². The molecule has 0 amide bonds. The first-order valence-electron chi connectivity index (χ1n) is 4.86. The van der Waals surface area contributed by atoms with Crippen LogP contribution in [0.4, 0.5) is 4.39 Å². The molecule has 2 nitrogen and oxygen atoms in total. The zero-order chi connectivity index (χ0) is 11.4. The molecule has 0 atom stereocenters. The zero-order valence-corrected chi connectivity index (χ0v) is 8.81. The van der Waals surface area contributed by atoms with Crippen LogP contribution < -0.4 is 9.47 Å². The van der Waals surface area contributed by atoms with Crippen LogP contribution in [-0.4, -0.2) is 7.11 Å². The fourth-order valence-electron chi connectivity index (χ4n) is 1.33. The summed E-state index contributed by atoms with van der Waals surface area (Å²) in [5, 5.41) is 0. The maximum absolute atomic E-state index is 12.7. The average molecular weight is 218 g/mol. The number of hydrogen-bond donors (Lipinski definition) is 0. The topological polar surface area (TPSA) is 18.5 Å². The molecule has 0 bridgehead atoms. The van der Waals surface area contributed by atoms with Gasteiger partial charge in [-0.3, -0.25) is 0 Å². The van der Waals surface area contributed by atoms with Crippen molar-refractivity contribution in [2.45, 2.75) is 0 Å². The number of halogens is 1. The third-order valence-corrected chi connectivity index (χ3v) is 2.11. The second kappa shape index (κ2) is 4.66. The summed E-state index contributed by atoms with van der Waals surface area (Å²) >= 11 is 0. The summed E-state index contributed by atoms with van der Waals surface area (Å²) in [6, 6.07) is 13.2. The summed E-state index contributed by atoms with van der Waals surface area (Å²) in [4.78, 5) is 0. The van der Waals surface area contributed by atoms with Gasteiger partial charge in [-0.2, -0.15) is 0 Å². The van der Waals surface area contributed by atoms with Crippen molar-refractivity contribution in [3.63, 3.8) is 0 Å². The van der Waals surface area contributed by atoms with E-state index in [1.807, 2.05) is 12.1 Å². The fraction of sp³-hybridized carbons (Fsp3) is 0.0769. The van der Waals surface area contributed by atoms with Gasteiger partial charge in [0, 0.05) is 0 Å². The smallest absolute Gasteiger partial charge is 0.169 e. The zero-order valence-electron chi connectivity index (χ0n) is 8.81. The Hall–Kier alpha value is -2.03. The molecule has 0 saturated heterocycles. The van der Waals surface area contributed by atoms with E-state index >= 15 is 0 Å². The van der Waals surface area contributed by atoms with Crippen LogP contribution >= 0.6 is 0 Å². The first kappa shape index (κ1) is 10.5. The quantitative estimate of drug-likeness (QED) is 0.783. The highest BCUT2D eigenvalue weighted by Gasteiger charge is 2.03. The van der Waals surface area contributed by atoms with Crippen LogP contribution in [0.2, 0.25) is 0 Å². The van der Waals surface area contributed by atoms with E-state index in [4.69, 9.17) is 9.47 Å². The molecule has 0 heterocycles. The molecule has 0 radical (unpaired) electrons. The second-order valence-electron chi connectivity index (χ2n) is 3.21. The summed E-state index contributed by atoms with van der Waals surface area (Å²) in [6.45, 7) is 0. The lowest BCUT2D eigenvalue weighted by Crippen LogP contribution is -1.89. The fourth-order valence-corrected chi connectivity index (χ4v) is 1.33. The van der Waals surface area contributed by atoms with Crippen molar-refractivity contribution in [1.82, 2.24) is 0 Å². The third kappa shape index (κ3) is 2.31. The largest absolute Gasteiger partial charge is 0.493 e. The van der Waals surface area contributed by atoms with Crippen LogP contribution in [0.15, 0.2) is 48.5 Å². The van der Waals surface area contributed by atoms with E-state index in [0.29, 0.717) is 17.2 Å². The van der Waals surface area contributed by atoms with Crippen LogP contribution in [0.1, 0.15) is 0 Å². The molecule has 82 valence electrons. The maximum atomic E-state index is 12.7. The Morgan fingerprint density at radius 3 is 2.12 bits per heavy atom. The Morgan fingerprint density at radius 1 is 0.875 bits per heavy atom. The Kier molecular flexibility index (Phi) is 3.05. The van der Waals surface area contributed by atoms with Crippen LogP contribution in [0, 0.1) is 5.82 Å². The van der Waals surface area contributed by atoms with Crippen LogP contribution in [0.5, 0.6) is 17.2 Å². The van der Waals surface area contributed by atoms with E-state index in [9.17, 15) is 4.39 Å². The van der Waals surface area contributed by atoms with E-state index in [1.54, 1.807) is 31.4 Å². The Labute approximate surface area is 93.2 Å². The van der Waals surface area contributed by atoms with Crippen molar-refractivity contribution in [2.75, 3.05) is 7.11 Å². The minimum atomic E-state index is -0.285. The number of benzene rings is 2. The Balaban J connectivity index is 2.23. The molecule has 0 spiro atoms. The van der Waals surface area contributed by atoms with Crippen molar-refractivity contribution < 1.29 is 13.9 Å². The SMILES string of the molecule is COc1ccccc1Oc1ccc(F)cc1. The molecule has 0 N–H and O–H groups in total. The van der Waals surface area contributed by atoms with Crippen LogP contribution in [-0.2, 0) is 0 Å². The van der Waals surface area contributed by atoms with Gasteiger partial charge in [0.15, 0.2) is 11.5 Å². The van der Waals surface area contributed by atoms with E-state index in [2.05, 4.69) is 0 Å². The highest BCUT2D eigenvalue weighted by Crippen LogP contribution is 2.30. The van der Waals surface area contributed by atoms with Gasteiger partial charge in [-0.1, -0.05) is 12.1 Å². The lowest BCUT2D eigenvalue weighted by molar-refractivity contribution is 0.378. The van der Waals surface area contributed by atoms with Crippen LogP contribution in [0.3, 0.4) is 0 Å². The summed E-state index contributed by atoms with van der Waals surface area (Å²) in [5.41, 5.74) is 0. The molecular formula is C13H11FO2. The molecule has 16 heavy (non-hydrogen) atoms. The number of ether oxygens (including phenoxy) is 2. The molecule has 0 fully saturated rings. The predicted molar refractivity (Wildman–Crippen MR) is 59.5 cm³/mol. The lowest BCUT2D eigenvalue weighted by atomic mass is 10.3. The summed E-state index contributed by atoms with van der Waals surface area (Å²) in [7, 11) is 1.58. The first-order chi connectivity index (χ1) is 7.79. The van der Waals surface area contributed by atoms with Crippen LogP contribution in [0.25, 0.3) is 0 Å². The monoisotopic (exact) mass is 218 g/mol. The molecule has 0 aromatic heterocycles. The molecule has 2 aromatic carbocycles. The van der Waals surface area contributed by atoms with E-state index in [1.165, 1.54) is 12.1 Å². The standard InChI is InChI=1S/C13H11FO2/c1-15-12-4-2-3-5-13(12)16-11-8-6-10(14)7-9-11/h2-9H,1H3. The highest BCUT2D eigenvalue weighted by atomic mass is 19.1. The molecule has 2 rings (SSSR count). The number of methoxy groups -OCH3 is 1. The lowest BCUT2D eigenvalue weighted by Gasteiger charge is -2.09.